The lowest BCUT2D eigenvalue weighted by molar-refractivity contribution is 0.0698. The number of likely N-dealkylation sites (tertiary alicyclic amines) is 1. The Morgan fingerprint density at radius 3 is 3.05 bits per heavy atom. The van der Waals surface area contributed by atoms with E-state index in [1.165, 1.54) is 12.8 Å². The molecule has 2 atom stereocenters. The molecule has 4 nitrogen and oxygen atoms in total. The molecule has 1 aliphatic rings. The zero-order valence-corrected chi connectivity index (χ0v) is 11.6. The van der Waals surface area contributed by atoms with Crippen molar-refractivity contribution in [2.75, 3.05) is 26.7 Å². The van der Waals surface area contributed by atoms with E-state index in [1.54, 1.807) is 7.11 Å². The molecular formula is C15H24N2O2. The number of hydrogen-bond acceptors (Lipinski definition) is 4. The van der Waals surface area contributed by atoms with Crippen molar-refractivity contribution in [3.63, 3.8) is 0 Å². The van der Waals surface area contributed by atoms with Gasteiger partial charge in [-0.15, -0.1) is 0 Å². The van der Waals surface area contributed by atoms with Gasteiger partial charge in [-0.05, 0) is 37.1 Å². The third kappa shape index (κ3) is 3.69. The highest BCUT2D eigenvalue weighted by molar-refractivity contribution is 5.29. The summed E-state index contributed by atoms with van der Waals surface area (Å²) in [7, 11) is 1.64. The molecular weight excluding hydrogens is 240 g/mol. The van der Waals surface area contributed by atoms with E-state index in [0.29, 0.717) is 19.1 Å². The third-order valence-corrected chi connectivity index (χ3v) is 3.91. The smallest absolute Gasteiger partial charge is 0.119 e. The summed E-state index contributed by atoms with van der Waals surface area (Å²) in [4.78, 5) is 2.31. The summed E-state index contributed by atoms with van der Waals surface area (Å²) in [6.45, 7) is 2.35. The molecule has 0 aliphatic carbocycles. The molecule has 2 rings (SSSR count). The molecule has 0 spiro atoms. The van der Waals surface area contributed by atoms with Crippen molar-refractivity contribution < 1.29 is 9.84 Å². The van der Waals surface area contributed by atoms with Gasteiger partial charge in [-0.1, -0.05) is 18.6 Å². The monoisotopic (exact) mass is 264 g/mol. The summed E-state index contributed by atoms with van der Waals surface area (Å²) in [6.07, 6.45) is 3.10. The lowest BCUT2D eigenvalue weighted by Crippen LogP contribution is -2.45. The number of aliphatic hydroxyl groups is 1. The van der Waals surface area contributed by atoms with Crippen molar-refractivity contribution in [2.24, 2.45) is 5.73 Å². The van der Waals surface area contributed by atoms with Gasteiger partial charge in [-0.2, -0.15) is 0 Å². The number of rotatable bonds is 5. The fraction of sp³-hybridized carbons (Fsp3) is 0.600. The maximum absolute atomic E-state index is 10.4. The summed E-state index contributed by atoms with van der Waals surface area (Å²) in [5.74, 6) is 0.783. The number of aliphatic hydroxyl groups excluding tert-OH is 1. The van der Waals surface area contributed by atoms with Crippen molar-refractivity contribution in [2.45, 2.75) is 31.4 Å². The van der Waals surface area contributed by atoms with Crippen LogP contribution in [0.15, 0.2) is 24.3 Å². The van der Waals surface area contributed by atoms with Gasteiger partial charge in [0.25, 0.3) is 0 Å². The van der Waals surface area contributed by atoms with Crippen LogP contribution in [0, 0.1) is 0 Å². The molecule has 1 aromatic rings. The highest BCUT2D eigenvalue weighted by Gasteiger charge is 2.23. The van der Waals surface area contributed by atoms with Gasteiger partial charge in [-0.3, -0.25) is 4.90 Å². The fourth-order valence-electron chi connectivity index (χ4n) is 2.74. The molecule has 1 heterocycles. The maximum Gasteiger partial charge on any atom is 0.119 e. The molecule has 106 valence electrons. The number of piperidine rings is 1. The Morgan fingerprint density at radius 2 is 2.32 bits per heavy atom. The SMILES string of the molecule is COc1cccc(C(O)CN2CCCCC2CN)c1. The zero-order valence-electron chi connectivity index (χ0n) is 11.6. The second kappa shape index (κ2) is 6.89. The van der Waals surface area contributed by atoms with E-state index in [1.807, 2.05) is 24.3 Å². The number of benzene rings is 1. The largest absolute Gasteiger partial charge is 0.497 e. The standard InChI is InChI=1S/C15H24N2O2/c1-19-14-7-4-5-12(9-14)15(18)11-17-8-3-2-6-13(17)10-16/h4-5,7,9,13,15,18H,2-3,6,8,10-11,16H2,1H3. The van der Waals surface area contributed by atoms with Gasteiger partial charge in [0.2, 0.25) is 0 Å². The molecule has 1 saturated heterocycles. The quantitative estimate of drug-likeness (QED) is 0.847. The van der Waals surface area contributed by atoms with Crippen LogP contribution in [0.5, 0.6) is 5.75 Å². The van der Waals surface area contributed by atoms with Crippen LogP contribution in [-0.4, -0.2) is 42.8 Å². The van der Waals surface area contributed by atoms with Crippen LogP contribution in [0.4, 0.5) is 0 Å². The van der Waals surface area contributed by atoms with Gasteiger partial charge in [0.15, 0.2) is 0 Å². The molecule has 4 heteroatoms. The number of methoxy groups -OCH3 is 1. The lowest BCUT2D eigenvalue weighted by Gasteiger charge is -2.36. The number of nitrogens with zero attached hydrogens (tertiary/aromatic N) is 1. The first-order valence-corrected chi connectivity index (χ1v) is 7.00. The summed E-state index contributed by atoms with van der Waals surface area (Å²) in [6, 6.07) is 8.04. The van der Waals surface area contributed by atoms with Crippen molar-refractivity contribution in [1.29, 1.82) is 0 Å². The average Bonchev–Trinajstić information content (AvgIpc) is 2.47. The molecule has 0 radical (unpaired) electrons. The summed E-state index contributed by atoms with van der Waals surface area (Å²) in [5, 5.41) is 10.4. The molecule has 0 saturated carbocycles. The Morgan fingerprint density at radius 1 is 1.47 bits per heavy atom. The lowest BCUT2D eigenvalue weighted by atomic mass is 10.0. The molecule has 0 aromatic heterocycles. The van der Waals surface area contributed by atoms with Crippen LogP contribution in [0.1, 0.15) is 30.9 Å². The maximum atomic E-state index is 10.4. The van der Waals surface area contributed by atoms with Gasteiger partial charge in [-0.25, -0.2) is 0 Å². The van der Waals surface area contributed by atoms with E-state index >= 15 is 0 Å². The van der Waals surface area contributed by atoms with E-state index < -0.39 is 6.10 Å². The Labute approximate surface area is 115 Å². The number of nitrogens with two attached hydrogens (primary N) is 1. The fourth-order valence-corrected chi connectivity index (χ4v) is 2.74. The topological polar surface area (TPSA) is 58.7 Å². The van der Waals surface area contributed by atoms with Gasteiger partial charge >= 0.3 is 0 Å². The first kappa shape index (κ1) is 14.3. The second-order valence-electron chi connectivity index (χ2n) is 5.17. The molecule has 0 bridgehead atoms. The molecule has 0 amide bonds. The highest BCUT2D eigenvalue weighted by Crippen LogP contribution is 2.23. The minimum atomic E-state index is -0.484. The zero-order chi connectivity index (χ0) is 13.7. The molecule has 1 fully saturated rings. The molecule has 19 heavy (non-hydrogen) atoms. The Hall–Kier alpha value is -1.10. The van der Waals surface area contributed by atoms with Gasteiger partial charge in [0, 0.05) is 19.1 Å². The first-order valence-electron chi connectivity index (χ1n) is 7.00. The minimum absolute atomic E-state index is 0.411. The second-order valence-corrected chi connectivity index (χ2v) is 5.17. The van der Waals surface area contributed by atoms with Crippen LogP contribution >= 0.6 is 0 Å². The molecule has 2 unspecified atom stereocenters. The van der Waals surface area contributed by atoms with Gasteiger partial charge in [0.05, 0.1) is 13.2 Å². The van der Waals surface area contributed by atoms with Crippen LogP contribution < -0.4 is 10.5 Å². The Kier molecular flexibility index (Phi) is 5.19. The van der Waals surface area contributed by atoms with Crippen molar-refractivity contribution in [3.8, 4) is 5.75 Å². The van der Waals surface area contributed by atoms with Crippen LogP contribution in [0.2, 0.25) is 0 Å². The van der Waals surface area contributed by atoms with E-state index in [-0.39, 0.29) is 0 Å². The Bertz CT molecular complexity index is 397. The molecule has 1 aliphatic heterocycles. The summed E-state index contributed by atoms with van der Waals surface area (Å²) in [5.41, 5.74) is 6.71. The van der Waals surface area contributed by atoms with E-state index in [0.717, 1.165) is 24.3 Å². The first-order chi connectivity index (χ1) is 9.24. The van der Waals surface area contributed by atoms with Crippen LogP contribution in [-0.2, 0) is 0 Å². The van der Waals surface area contributed by atoms with Crippen LogP contribution in [0.3, 0.4) is 0 Å². The van der Waals surface area contributed by atoms with Crippen LogP contribution in [0.25, 0.3) is 0 Å². The predicted molar refractivity (Wildman–Crippen MR) is 76.2 cm³/mol. The number of β-amino-alcohol motifs (C(OH)–C–C–N with tert-alkyl or cyclic N) is 1. The van der Waals surface area contributed by atoms with Gasteiger partial charge in [0.1, 0.15) is 5.75 Å². The minimum Gasteiger partial charge on any atom is -0.497 e. The molecule has 1 aromatic carbocycles. The summed E-state index contributed by atoms with van der Waals surface area (Å²) < 4.78 is 5.19. The number of ether oxygens (including phenoxy) is 1. The van der Waals surface area contributed by atoms with Gasteiger partial charge < -0.3 is 15.6 Å². The number of hydrogen-bond donors (Lipinski definition) is 2. The summed E-state index contributed by atoms with van der Waals surface area (Å²) >= 11 is 0. The predicted octanol–water partition coefficient (Wildman–Crippen LogP) is 1.54. The van der Waals surface area contributed by atoms with Crippen molar-refractivity contribution in [3.05, 3.63) is 29.8 Å². The highest BCUT2D eigenvalue weighted by atomic mass is 16.5. The molecule has 3 N–H and O–H groups in total. The average molecular weight is 264 g/mol. The normalized spacial score (nSPS) is 22.2. The van der Waals surface area contributed by atoms with E-state index in [2.05, 4.69) is 4.90 Å². The van der Waals surface area contributed by atoms with Crippen molar-refractivity contribution >= 4 is 0 Å². The third-order valence-electron chi connectivity index (χ3n) is 3.91. The van der Waals surface area contributed by atoms with E-state index in [9.17, 15) is 5.11 Å². The van der Waals surface area contributed by atoms with Crippen molar-refractivity contribution in [1.82, 2.24) is 4.90 Å². The Balaban J connectivity index is 2.00. The van der Waals surface area contributed by atoms with E-state index in [4.69, 9.17) is 10.5 Å².